The molecule has 0 aliphatic carbocycles. The van der Waals surface area contributed by atoms with Crippen LogP contribution in [0.15, 0.2) is 61.3 Å². The summed E-state index contributed by atoms with van der Waals surface area (Å²) in [5.41, 5.74) is 1.03. The Labute approximate surface area is 292 Å². The summed E-state index contributed by atoms with van der Waals surface area (Å²) in [6.07, 6.45) is 2.15. The van der Waals surface area contributed by atoms with E-state index in [2.05, 4.69) is 15.2 Å². The van der Waals surface area contributed by atoms with Gasteiger partial charge < -0.3 is 23.7 Å². The van der Waals surface area contributed by atoms with Crippen molar-refractivity contribution in [1.29, 1.82) is 0 Å². The number of piperidine rings is 1. The normalized spacial score (nSPS) is 18.6. The number of rotatable bonds is 3. The predicted molar refractivity (Wildman–Crippen MR) is 181 cm³/mol. The maximum Gasteiger partial charge on any atom is 0.417 e. The topological polar surface area (TPSA) is 96.8 Å². The second kappa shape index (κ2) is 11.4. The van der Waals surface area contributed by atoms with Gasteiger partial charge in [0, 0.05) is 69.1 Å². The van der Waals surface area contributed by atoms with E-state index in [0.29, 0.717) is 60.3 Å². The molecule has 4 aromatic heterocycles. The number of benzene rings is 2. The van der Waals surface area contributed by atoms with Gasteiger partial charge in [-0.15, -0.1) is 0 Å². The molecule has 11 nitrogen and oxygen atoms in total. The lowest BCUT2D eigenvalue weighted by molar-refractivity contribution is -0.137. The Balaban J connectivity index is 1.09. The average molecular weight is 716 g/mol. The maximum atomic E-state index is 15.9. The smallest absolute Gasteiger partial charge is 0.372 e. The summed E-state index contributed by atoms with van der Waals surface area (Å²) in [5, 5.41) is 7.78. The minimum atomic E-state index is -4.71. The lowest BCUT2D eigenvalue weighted by Gasteiger charge is -2.54. The molecule has 0 spiro atoms. The third kappa shape index (κ3) is 4.72. The van der Waals surface area contributed by atoms with Crippen LogP contribution in [0.1, 0.15) is 33.6 Å². The number of carbonyl (C=O) groups is 2. The van der Waals surface area contributed by atoms with Crippen molar-refractivity contribution in [2.24, 2.45) is 13.0 Å². The lowest BCUT2D eigenvalue weighted by Crippen LogP contribution is -2.65. The molecule has 2 atom stereocenters. The van der Waals surface area contributed by atoms with E-state index >= 15 is 8.78 Å². The van der Waals surface area contributed by atoms with E-state index in [4.69, 9.17) is 0 Å². The predicted octanol–water partition coefficient (Wildman–Crippen LogP) is 5.78. The first kappa shape index (κ1) is 32.1. The number of hydrogen-bond acceptors (Lipinski definition) is 7. The van der Waals surface area contributed by atoms with Gasteiger partial charge in [-0.3, -0.25) is 4.79 Å². The summed E-state index contributed by atoms with van der Waals surface area (Å²) in [4.78, 5) is 37.3. The first-order chi connectivity index (χ1) is 24.9. The minimum Gasteiger partial charge on any atom is -0.372 e. The Hall–Kier alpha value is -5.80. The number of halogens is 5. The number of carbonyl (C=O) groups excluding carboxylic acids is 2. The number of imidazole rings is 1. The highest BCUT2D eigenvalue weighted by molar-refractivity contribution is 6.11. The second-order valence-corrected chi connectivity index (χ2v) is 13.7. The summed E-state index contributed by atoms with van der Waals surface area (Å²) in [6.45, 7) is 1.41. The molecule has 1 amide bonds. The van der Waals surface area contributed by atoms with E-state index in [1.165, 1.54) is 23.1 Å². The molecule has 2 aromatic carbocycles. The molecule has 7 heterocycles. The molecule has 16 heteroatoms. The fourth-order valence-electron chi connectivity index (χ4n) is 8.21. The van der Waals surface area contributed by atoms with E-state index in [-0.39, 0.29) is 46.6 Å². The van der Waals surface area contributed by atoms with Gasteiger partial charge >= 0.3 is 12.2 Å². The SMILES string of the molecule is CN1CCc2cc(C(=O)c3cc(F)c(N4CC5CCN(C(=O)n6nccn6)CC54)c(F)c3)n3cccc(c23)-c2c(C(F)(F)F)cc3c(ncn3C)c21. The van der Waals surface area contributed by atoms with Gasteiger partial charge in [-0.05, 0) is 48.7 Å². The van der Waals surface area contributed by atoms with Crippen molar-refractivity contribution in [3.05, 3.63) is 95.3 Å². The molecule has 0 radical (unpaired) electrons. The van der Waals surface area contributed by atoms with Crippen molar-refractivity contribution < 1.29 is 31.5 Å². The number of anilines is 2. The van der Waals surface area contributed by atoms with Gasteiger partial charge in [0.15, 0.2) is 0 Å². The van der Waals surface area contributed by atoms with Gasteiger partial charge in [-0.25, -0.2) is 18.6 Å². The number of nitrogens with zero attached hydrogens (tertiary/aromatic N) is 9. The van der Waals surface area contributed by atoms with Gasteiger partial charge in [0.2, 0.25) is 5.78 Å². The fourth-order valence-corrected chi connectivity index (χ4v) is 8.21. The van der Waals surface area contributed by atoms with Crippen LogP contribution in [0, 0.1) is 17.6 Å². The molecule has 0 N–H and O–H groups in total. The molecule has 2 fully saturated rings. The Morgan fingerprint density at radius 3 is 2.42 bits per heavy atom. The summed E-state index contributed by atoms with van der Waals surface area (Å²) < 4.78 is 79.3. The minimum absolute atomic E-state index is 0.0528. The van der Waals surface area contributed by atoms with Crippen molar-refractivity contribution >= 4 is 39.7 Å². The lowest BCUT2D eigenvalue weighted by atomic mass is 9.81. The van der Waals surface area contributed by atoms with E-state index in [1.807, 2.05) is 0 Å². The van der Waals surface area contributed by atoms with Crippen molar-refractivity contribution in [3.63, 3.8) is 0 Å². The van der Waals surface area contributed by atoms with Crippen LogP contribution < -0.4 is 9.80 Å². The number of likely N-dealkylation sites (tertiary alicyclic amines) is 1. The zero-order chi connectivity index (χ0) is 36.2. The highest BCUT2D eigenvalue weighted by Gasteiger charge is 2.46. The molecule has 266 valence electrons. The van der Waals surface area contributed by atoms with Crippen molar-refractivity contribution in [2.45, 2.75) is 25.1 Å². The first-order valence-electron chi connectivity index (χ1n) is 16.8. The van der Waals surface area contributed by atoms with Crippen LogP contribution in [0.3, 0.4) is 0 Å². The zero-order valence-corrected chi connectivity index (χ0v) is 27.9. The molecule has 2 unspecified atom stereocenters. The van der Waals surface area contributed by atoms with E-state index in [9.17, 15) is 22.8 Å². The average Bonchev–Trinajstić information content (AvgIpc) is 3.86. The Morgan fingerprint density at radius 2 is 1.69 bits per heavy atom. The van der Waals surface area contributed by atoms with Gasteiger partial charge in [-0.2, -0.15) is 23.4 Å². The largest absolute Gasteiger partial charge is 0.417 e. The van der Waals surface area contributed by atoms with Crippen LogP contribution in [-0.4, -0.2) is 84.9 Å². The Bertz CT molecular complexity index is 2430. The van der Waals surface area contributed by atoms with E-state index in [0.717, 1.165) is 23.0 Å². The quantitative estimate of drug-likeness (QED) is 0.169. The number of aryl methyl sites for hydroxylation is 1. The molecular formula is C36H30F5N9O2. The summed E-state index contributed by atoms with van der Waals surface area (Å²) in [7, 11) is 3.36. The number of aromatic nitrogens is 6. The number of pyridine rings is 1. The third-order valence-corrected chi connectivity index (χ3v) is 10.7. The van der Waals surface area contributed by atoms with Gasteiger partial charge in [0.25, 0.3) is 0 Å². The molecular weight excluding hydrogens is 685 g/mol. The van der Waals surface area contributed by atoms with E-state index < -0.39 is 35.2 Å². The highest BCUT2D eigenvalue weighted by Crippen LogP contribution is 2.49. The van der Waals surface area contributed by atoms with Crippen LogP contribution >= 0.6 is 0 Å². The molecule has 3 aliphatic heterocycles. The molecule has 6 aromatic rings. The molecule has 52 heavy (non-hydrogen) atoms. The molecule has 3 aliphatic rings. The zero-order valence-electron chi connectivity index (χ0n) is 27.9. The molecule has 0 saturated carbocycles. The number of fused-ring (bicyclic) bond motifs is 5. The van der Waals surface area contributed by atoms with E-state index in [1.54, 1.807) is 57.8 Å². The maximum absolute atomic E-state index is 15.9. The van der Waals surface area contributed by atoms with Crippen molar-refractivity contribution in [3.8, 4) is 11.1 Å². The number of hydrogen-bond donors (Lipinski definition) is 0. The monoisotopic (exact) mass is 715 g/mol. The highest BCUT2D eigenvalue weighted by atomic mass is 19.4. The van der Waals surface area contributed by atoms with Crippen LogP contribution in [0.2, 0.25) is 0 Å². The van der Waals surface area contributed by atoms with Crippen LogP contribution in [-0.2, 0) is 19.6 Å². The summed E-state index contributed by atoms with van der Waals surface area (Å²) in [5.74, 6) is -2.41. The Morgan fingerprint density at radius 1 is 0.942 bits per heavy atom. The van der Waals surface area contributed by atoms with Crippen LogP contribution in [0.25, 0.3) is 27.7 Å². The molecule has 0 bridgehead atoms. The van der Waals surface area contributed by atoms with Gasteiger partial charge in [0.1, 0.15) is 22.8 Å². The summed E-state index contributed by atoms with van der Waals surface area (Å²) >= 11 is 0. The van der Waals surface area contributed by atoms with Crippen molar-refractivity contribution in [2.75, 3.05) is 43.0 Å². The second-order valence-electron chi connectivity index (χ2n) is 13.7. The van der Waals surface area contributed by atoms with Crippen LogP contribution in [0.4, 0.5) is 38.1 Å². The Kier molecular flexibility index (Phi) is 7.01. The third-order valence-electron chi connectivity index (χ3n) is 10.7. The number of alkyl halides is 3. The summed E-state index contributed by atoms with van der Waals surface area (Å²) in [6, 6.07) is 7.08. The number of ketones is 1. The molecule has 2 saturated heterocycles. The standard InChI is InChI=1S/C36H30F5N9O2/c1-45-10-5-19-14-27(48-9-3-4-22(31(19)48)29-23(36(39,40)41)15-26-30(33(29)45)42-18-46(26)2)34(51)21-12-24(37)32(25(38)13-21)49-16-20-6-11-47(17-28(20)49)35(52)50-43-7-8-44-50/h3-4,7-9,12-15,18,20,28H,5-6,10-11,16-17H2,1-2H3. The first-order valence-corrected chi connectivity index (χ1v) is 16.8. The molecule has 9 rings (SSSR count). The fraction of sp³-hybridized carbons (Fsp3) is 0.306. The number of likely N-dealkylation sites (N-methyl/N-ethyl adjacent to an activating group) is 1. The number of amides is 1. The van der Waals surface area contributed by atoms with Crippen molar-refractivity contribution in [1.82, 2.24) is 33.8 Å². The van der Waals surface area contributed by atoms with Gasteiger partial charge in [-0.1, -0.05) is 10.9 Å². The van der Waals surface area contributed by atoms with Gasteiger partial charge in [0.05, 0.1) is 52.7 Å². The van der Waals surface area contributed by atoms with Crippen LogP contribution in [0.5, 0.6) is 0 Å².